The number of aryl methyl sites for hydroxylation is 2. The molecule has 0 spiro atoms. The minimum absolute atomic E-state index is 0.0226. The molecule has 0 N–H and O–H groups in total. The van der Waals surface area contributed by atoms with Crippen molar-refractivity contribution in [3.8, 4) is 5.75 Å². The predicted molar refractivity (Wildman–Crippen MR) is 85.1 cm³/mol. The van der Waals surface area contributed by atoms with Gasteiger partial charge in [0.05, 0.1) is 12.1 Å². The molecule has 0 amide bonds. The first-order valence-corrected chi connectivity index (χ1v) is 7.26. The van der Waals surface area contributed by atoms with E-state index in [-0.39, 0.29) is 5.78 Å². The molecule has 0 aliphatic carbocycles. The predicted octanol–water partition coefficient (Wildman–Crippen LogP) is 4.96. The average molecular weight is 354 g/mol. The second-order valence-corrected chi connectivity index (χ2v) is 5.86. The van der Waals surface area contributed by atoms with Gasteiger partial charge in [0.1, 0.15) is 5.75 Å². The quantitative estimate of drug-likeness (QED) is 0.729. The Bertz CT molecular complexity index is 680. The molecule has 104 valence electrons. The summed E-state index contributed by atoms with van der Waals surface area (Å²) in [6.45, 7) is 3.83. The van der Waals surface area contributed by atoms with E-state index in [1.165, 1.54) is 0 Å². The number of hydrogen-bond donors (Lipinski definition) is 0. The van der Waals surface area contributed by atoms with Crippen LogP contribution in [0.3, 0.4) is 0 Å². The van der Waals surface area contributed by atoms with Crippen LogP contribution in [-0.4, -0.2) is 12.9 Å². The molecule has 0 aliphatic rings. The Hall–Kier alpha value is -1.32. The summed E-state index contributed by atoms with van der Waals surface area (Å²) in [4.78, 5) is 12.6. The Morgan fingerprint density at radius 2 is 1.85 bits per heavy atom. The minimum atomic E-state index is -0.0226. The molecular formula is C16H14BrClO2. The first-order valence-electron chi connectivity index (χ1n) is 6.09. The summed E-state index contributed by atoms with van der Waals surface area (Å²) in [6, 6.07) is 8.93. The Balaban J connectivity index is 2.48. The normalized spacial score (nSPS) is 10.4. The lowest BCUT2D eigenvalue weighted by Gasteiger charge is -2.11. The number of ether oxygens (including phenoxy) is 1. The van der Waals surface area contributed by atoms with E-state index in [9.17, 15) is 4.79 Å². The van der Waals surface area contributed by atoms with E-state index in [1.54, 1.807) is 25.3 Å². The van der Waals surface area contributed by atoms with Crippen molar-refractivity contribution >= 4 is 33.3 Å². The lowest BCUT2D eigenvalue weighted by atomic mass is 9.97. The van der Waals surface area contributed by atoms with Gasteiger partial charge in [-0.2, -0.15) is 0 Å². The number of rotatable bonds is 3. The van der Waals surface area contributed by atoms with Gasteiger partial charge >= 0.3 is 0 Å². The monoisotopic (exact) mass is 352 g/mol. The highest BCUT2D eigenvalue weighted by Crippen LogP contribution is 2.27. The number of hydrogen-bond acceptors (Lipinski definition) is 2. The SMILES string of the molecule is COc1cc(C)c(C(=O)c2ccc(Cl)c(Br)c2)cc1C. The lowest BCUT2D eigenvalue weighted by molar-refractivity contribution is 0.103. The zero-order valence-electron chi connectivity index (χ0n) is 11.5. The molecule has 0 heterocycles. The summed E-state index contributed by atoms with van der Waals surface area (Å²) >= 11 is 9.29. The topological polar surface area (TPSA) is 26.3 Å². The van der Waals surface area contributed by atoms with Crippen LogP contribution in [0.1, 0.15) is 27.0 Å². The van der Waals surface area contributed by atoms with Crippen molar-refractivity contribution in [1.29, 1.82) is 0 Å². The summed E-state index contributed by atoms with van der Waals surface area (Å²) in [5.74, 6) is 0.766. The second kappa shape index (κ2) is 5.98. The highest BCUT2D eigenvalue weighted by atomic mass is 79.9. The van der Waals surface area contributed by atoms with Gasteiger partial charge < -0.3 is 4.74 Å². The third kappa shape index (κ3) is 2.89. The van der Waals surface area contributed by atoms with Crippen molar-refractivity contribution in [2.45, 2.75) is 13.8 Å². The first kappa shape index (κ1) is 15.1. The van der Waals surface area contributed by atoms with Gasteiger partial charge in [-0.3, -0.25) is 4.79 Å². The van der Waals surface area contributed by atoms with Crippen molar-refractivity contribution in [3.63, 3.8) is 0 Å². The Morgan fingerprint density at radius 1 is 1.15 bits per heavy atom. The van der Waals surface area contributed by atoms with Gasteiger partial charge in [-0.05, 0) is 71.2 Å². The summed E-state index contributed by atoms with van der Waals surface area (Å²) < 4.78 is 5.98. The molecule has 4 heteroatoms. The third-order valence-electron chi connectivity index (χ3n) is 3.17. The van der Waals surface area contributed by atoms with Crippen LogP contribution in [-0.2, 0) is 0 Å². The zero-order chi connectivity index (χ0) is 14.9. The largest absolute Gasteiger partial charge is 0.496 e. The Labute approximate surface area is 131 Å². The zero-order valence-corrected chi connectivity index (χ0v) is 13.8. The number of carbonyl (C=O) groups excluding carboxylic acids is 1. The maximum absolute atomic E-state index is 12.6. The maximum atomic E-state index is 12.6. The van der Waals surface area contributed by atoms with Crippen molar-refractivity contribution in [2.75, 3.05) is 7.11 Å². The van der Waals surface area contributed by atoms with E-state index < -0.39 is 0 Å². The minimum Gasteiger partial charge on any atom is -0.496 e. The van der Waals surface area contributed by atoms with Crippen molar-refractivity contribution in [3.05, 3.63) is 62.1 Å². The molecule has 0 atom stereocenters. The molecule has 0 fully saturated rings. The Morgan fingerprint density at radius 3 is 2.45 bits per heavy atom. The molecule has 0 aromatic heterocycles. The number of ketones is 1. The molecule has 0 aliphatic heterocycles. The molecule has 0 radical (unpaired) electrons. The van der Waals surface area contributed by atoms with E-state index in [2.05, 4.69) is 15.9 Å². The van der Waals surface area contributed by atoms with E-state index in [1.807, 2.05) is 26.0 Å². The van der Waals surface area contributed by atoms with Crippen LogP contribution in [0.15, 0.2) is 34.8 Å². The van der Waals surface area contributed by atoms with Crippen molar-refractivity contribution < 1.29 is 9.53 Å². The van der Waals surface area contributed by atoms with Gasteiger partial charge in [0.25, 0.3) is 0 Å². The van der Waals surface area contributed by atoms with Gasteiger partial charge in [0, 0.05) is 15.6 Å². The van der Waals surface area contributed by atoms with Crippen molar-refractivity contribution in [1.82, 2.24) is 0 Å². The van der Waals surface area contributed by atoms with Crippen LogP contribution < -0.4 is 4.74 Å². The fraction of sp³-hybridized carbons (Fsp3) is 0.188. The Kier molecular flexibility index (Phi) is 4.51. The third-order valence-corrected chi connectivity index (χ3v) is 4.38. The smallest absolute Gasteiger partial charge is 0.193 e. The highest BCUT2D eigenvalue weighted by molar-refractivity contribution is 9.10. The number of carbonyl (C=O) groups is 1. The van der Waals surface area contributed by atoms with E-state index in [0.717, 1.165) is 16.9 Å². The molecule has 0 saturated carbocycles. The number of halogens is 2. The molecular weight excluding hydrogens is 340 g/mol. The van der Waals surface area contributed by atoms with Crippen LogP contribution in [0.5, 0.6) is 5.75 Å². The lowest BCUT2D eigenvalue weighted by Crippen LogP contribution is -2.05. The fourth-order valence-corrected chi connectivity index (χ4v) is 2.54. The van der Waals surface area contributed by atoms with E-state index in [4.69, 9.17) is 16.3 Å². The van der Waals surface area contributed by atoms with E-state index in [0.29, 0.717) is 20.6 Å². The standard InChI is InChI=1S/C16H14BrClO2/c1-9-7-15(20-3)10(2)6-12(9)16(19)11-4-5-14(18)13(17)8-11/h4-8H,1-3H3. The molecule has 0 saturated heterocycles. The van der Waals surface area contributed by atoms with Gasteiger partial charge in [-0.1, -0.05) is 11.6 Å². The number of benzene rings is 2. The second-order valence-electron chi connectivity index (χ2n) is 4.59. The molecule has 20 heavy (non-hydrogen) atoms. The summed E-state index contributed by atoms with van der Waals surface area (Å²) in [5, 5.41) is 0.587. The summed E-state index contributed by atoms with van der Waals surface area (Å²) in [6.07, 6.45) is 0. The first-order chi connectivity index (χ1) is 9.43. The van der Waals surface area contributed by atoms with E-state index >= 15 is 0 Å². The van der Waals surface area contributed by atoms with Gasteiger partial charge in [-0.25, -0.2) is 0 Å². The molecule has 2 nitrogen and oxygen atoms in total. The molecule has 0 unspecified atom stereocenters. The number of methoxy groups -OCH3 is 1. The van der Waals surface area contributed by atoms with Crippen LogP contribution >= 0.6 is 27.5 Å². The van der Waals surface area contributed by atoms with Gasteiger partial charge in [0.2, 0.25) is 0 Å². The average Bonchev–Trinajstić information content (AvgIpc) is 2.43. The van der Waals surface area contributed by atoms with Crippen LogP contribution in [0.4, 0.5) is 0 Å². The van der Waals surface area contributed by atoms with Gasteiger partial charge in [-0.15, -0.1) is 0 Å². The summed E-state index contributed by atoms with van der Waals surface area (Å²) in [5.41, 5.74) is 3.12. The maximum Gasteiger partial charge on any atom is 0.193 e. The molecule has 2 aromatic rings. The molecule has 2 rings (SSSR count). The molecule has 2 aromatic carbocycles. The molecule has 0 bridgehead atoms. The van der Waals surface area contributed by atoms with Crippen LogP contribution in [0.2, 0.25) is 5.02 Å². The van der Waals surface area contributed by atoms with Gasteiger partial charge in [0.15, 0.2) is 5.78 Å². The highest BCUT2D eigenvalue weighted by Gasteiger charge is 2.15. The van der Waals surface area contributed by atoms with Crippen molar-refractivity contribution in [2.24, 2.45) is 0 Å². The fourth-order valence-electron chi connectivity index (χ4n) is 2.05. The van der Waals surface area contributed by atoms with Crippen LogP contribution in [0, 0.1) is 13.8 Å². The summed E-state index contributed by atoms with van der Waals surface area (Å²) in [7, 11) is 1.62. The van der Waals surface area contributed by atoms with Crippen LogP contribution in [0.25, 0.3) is 0 Å².